The first-order valence-corrected chi connectivity index (χ1v) is 5.22. The maximum atomic E-state index is 11.5. The molecule has 0 aromatic carbocycles. The van der Waals surface area contributed by atoms with Crippen LogP contribution >= 0.6 is 15.9 Å². The van der Waals surface area contributed by atoms with Crippen molar-refractivity contribution in [1.29, 1.82) is 0 Å². The quantitative estimate of drug-likeness (QED) is 0.780. The van der Waals surface area contributed by atoms with E-state index in [4.69, 9.17) is 0 Å². The summed E-state index contributed by atoms with van der Waals surface area (Å²) < 4.78 is 0.719. The van der Waals surface area contributed by atoms with Crippen LogP contribution in [-0.2, 0) is 4.79 Å². The summed E-state index contributed by atoms with van der Waals surface area (Å²) in [5.41, 5.74) is 0. The number of aromatic nitrogens is 1. The lowest BCUT2D eigenvalue weighted by Gasteiger charge is -2.25. The standard InChI is InChI=1S/C9H10BrN3O/c10-7-2-1-3-8(12-7)13-9(14)6-4-5-11-6/h1-3,6,11H,4-5H2,(H,12,13,14). The van der Waals surface area contributed by atoms with Crippen molar-refractivity contribution in [2.75, 3.05) is 11.9 Å². The van der Waals surface area contributed by atoms with Crippen molar-refractivity contribution in [3.05, 3.63) is 22.8 Å². The Balaban J connectivity index is 1.99. The molecule has 1 saturated heterocycles. The van der Waals surface area contributed by atoms with Crippen molar-refractivity contribution < 1.29 is 4.79 Å². The van der Waals surface area contributed by atoms with Gasteiger partial charge in [0.15, 0.2) is 0 Å². The molecule has 74 valence electrons. The lowest BCUT2D eigenvalue weighted by molar-refractivity contribution is -0.119. The summed E-state index contributed by atoms with van der Waals surface area (Å²) in [5.74, 6) is 0.569. The summed E-state index contributed by atoms with van der Waals surface area (Å²) in [7, 11) is 0. The van der Waals surface area contributed by atoms with Crippen LogP contribution < -0.4 is 10.6 Å². The van der Waals surface area contributed by atoms with Crippen LogP contribution in [0.4, 0.5) is 5.82 Å². The van der Waals surface area contributed by atoms with Gasteiger partial charge in [-0.2, -0.15) is 0 Å². The third-order valence-electron chi connectivity index (χ3n) is 2.11. The zero-order chi connectivity index (χ0) is 9.97. The normalized spacial score (nSPS) is 19.9. The predicted octanol–water partition coefficient (Wildman–Crippen LogP) is 1.14. The molecule has 1 aromatic heterocycles. The molecule has 1 amide bonds. The topological polar surface area (TPSA) is 54.0 Å². The Morgan fingerprint density at radius 3 is 3.00 bits per heavy atom. The molecule has 4 nitrogen and oxygen atoms in total. The number of pyridine rings is 1. The van der Waals surface area contributed by atoms with Gasteiger partial charge in [-0.3, -0.25) is 4.79 Å². The summed E-state index contributed by atoms with van der Waals surface area (Å²) in [6, 6.07) is 5.37. The highest BCUT2D eigenvalue weighted by Crippen LogP contribution is 2.11. The summed E-state index contributed by atoms with van der Waals surface area (Å²) in [6.07, 6.45) is 0.903. The minimum Gasteiger partial charge on any atom is -0.309 e. The molecule has 0 bridgehead atoms. The lowest BCUT2D eigenvalue weighted by Crippen LogP contribution is -2.50. The molecule has 2 rings (SSSR count). The van der Waals surface area contributed by atoms with E-state index in [-0.39, 0.29) is 11.9 Å². The molecule has 1 atom stereocenters. The number of nitrogens with zero attached hydrogens (tertiary/aromatic N) is 1. The average Bonchev–Trinajstić information content (AvgIpc) is 1.99. The number of anilines is 1. The molecular formula is C9H10BrN3O. The molecule has 2 N–H and O–H groups in total. The fourth-order valence-electron chi connectivity index (χ4n) is 1.20. The first kappa shape index (κ1) is 9.61. The van der Waals surface area contributed by atoms with Gasteiger partial charge in [0.05, 0.1) is 6.04 Å². The van der Waals surface area contributed by atoms with Crippen LogP contribution in [0.3, 0.4) is 0 Å². The first-order chi connectivity index (χ1) is 6.75. The van der Waals surface area contributed by atoms with Gasteiger partial charge in [0.25, 0.3) is 0 Å². The molecule has 5 heteroatoms. The van der Waals surface area contributed by atoms with Gasteiger partial charge in [0.1, 0.15) is 10.4 Å². The maximum absolute atomic E-state index is 11.5. The Morgan fingerprint density at radius 2 is 2.43 bits per heavy atom. The SMILES string of the molecule is O=C(Nc1cccc(Br)n1)C1CCN1. The minimum atomic E-state index is -0.0456. The second-order valence-corrected chi connectivity index (χ2v) is 3.94. The minimum absolute atomic E-state index is 0.0122. The monoisotopic (exact) mass is 255 g/mol. The molecule has 0 radical (unpaired) electrons. The third-order valence-corrected chi connectivity index (χ3v) is 2.55. The van der Waals surface area contributed by atoms with Gasteiger partial charge in [0, 0.05) is 0 Å². The van der Waals surface area contributed by atoms with Crippen molar-refractivity contribution in [3.63, 3.8) is 0 Å². The van der Waals surface area contributed by atoms with Crippen molar-refractivity contribution in [2.45, 2.75) is 12.5 Å². The van der Waals surface area contributed by atoms with Gasteiger partial charge < -0.3 is 10.6 Å². The van der Waals surface area contributed by atoms with Crippen LogP contribution in [0, 0.1) is 0 Å². The summed E-state index contributed by atoms with van der Waals surface area (Å²) in [6.45, 7) is 0.921. The Morgan fingerprint density at radius 1 is 1.64 bits per heavy atom. The number of amides is 1. The molecule has 0 saturated carbocycles. The molecule has 1 aliphatic rings. The van der Waals surface area contributed by atoms with E-state index in [2.05, 4.69) is 31.5 Å². The average molecular weight is 256 g/mol. The summed E-state index contributed by atoms with van der Waals surface area (Å²) in [5, 5.41) is 5.77. The fourth-order valence-corrected chi connectivity index (χ4v) is 1.55. The van der Waals surface area contributed by atoms with Crippen LogP contribution in [0.5, 0.6) is 0 Å². The number of hydrogen-bond acceptors (Lipinski definition) is 3. The zero-order valence-electron chi connectivity index (χ0n) is 7.46. The number of carbonyl (C=O) groups is 1. The molecule has 0 spiro atoms. The van der Waals surface area contributed by atoms with Gasteiger partial charge in [-0.15, -0.1) is 0 Å². The smallest absolute Gasteiger partial charge is 0.242 e. The van der Waals surface area contributed by atoms with Crippen molar-refractivity contribution in [3.8, 4) is 0 Å². The number of carbonyl (C=O) groups excluding carboxylic acids is 1. The van der Waals surface area contributed by atoms with E-state index in [1.807, 2.05) is 12.1 Å². The second kappa shape index (κ2) is 4.06. The van der Waals surface area contributed by atoms with E-state index < -0.39 is 0 Å². The molecule has 1 unspecified atom stereocenters. The highest BCUT2D eigenvalue weighted by Gasteiger charge is 2.24. The van der Waals surface area contributed by atoms with Crippen molar-refractivity contribution in [2.24, 2.45) is 0 Å². The first-order valence-electron chi connectivity index (χ1n) is 4.42. The van der Waals surface area contributed by atoms with E-state index in [1.165, 1.54) is 0 Å². The van der Waals surface area contributed by atoms with Gasteiger partial charge >= 0.3 is 0 Å². The van der Waals surface area contributed by atoms with E-state index >= 15 is 0 Å². The predicted molar refractivity (Wildman–Crippen MR) is 57.0 cm³/mol. The van der Waals surface area contributed by atoms with Gasteiger partial charge in [-0.25, -0.2) is 4.98 Å². The Kier molecular flexibility index (Phi) is 2.79. The van der Waals surface area contributed by atoms with Gasteiger partial charge in [-0.05, 0) is 41.0 Å². The number of halogens is 1. The Hall–Kier alpha value is -0.940. The van der Waals surface area contributed by atoms with Crippen LogP contribution in [0.2, 0.25) is 0 Å². The molecule has 1 aliphatic heterocycles. The maximum Gasteiger partial charge on any atom is 0.242 e. The summed E-state index contributed by atoms with van der Waals surface area (Å²) in [4.78, 5) is 15.6. The van der Waals surface area contributed by atoms with Gasteiger partial charge in [0.2, 0.25) is 5.91 Å². The lowest BCUT2D eigenvalue weighted by atomic mass is 10.1. The fraction of sp³-hybridized carbons (Fsp3) is 0.333. The largest absolute Gasteiger partial charge is 0.309 e. The highest BCUT2D eigenvalue weighted by atomic mass is 79.9. The van der Waals surface area contributed by atoms with E-state index in [0.29, 0.717) is 5.82 Å². The number of rotatable bonds is 2. The van der Waals surface area contributed by atoms with E-state index in [0.717, 1.165) is 17.6 Å². The van der Waals surface area contributed by atoms with Crippen LogP contribution in [0.1, 0.15) is 6.42 Å². The molecular weight excluding hydrogens is 246 g/mol. The third kappa shape index (κ3) is 2.10. The van der Waals surface area contributed by atoms with E-state index in [1.54, 1.807) is 6.07 Å². The number of hydrogen-bond donors (Lipinski definition) is 2. The van der Waals surface area contributed by atoms with Crippen LogP contribution in [-0.4, -0.2) is 23.5 Å². The van der Waals surface area contributed by atoms with Crippen LogP contribution in [0.25, 0.3) is 0 Å². The molecule has 1 aromatic rings. The molecule has 2 heterocycles. The number of nitrogens with one attached hydrogen (secondary N) is 2. The van der Waals surface area contributed by atoms with E-state index in [9.17, 15) is 4.79 Å². The zero-order valence-corrected chi connectivity index (χ0v) is 9.04. The summed E-state index contributed by atoms with van der Waals surface area (Å²) >= 11 is 3.24. The Labute approximate surface area is 90.2 Å². The second-order valence-electron chi connectivity index (χ2n) is 3.13. The molecule has 0 aliphatic carbocycles. The Bertz CT molecular complexity index is 352. The van der Waals surface area contributed by atoms with Crippen LogP contribution in [0.15, 0.2) is 22.8 Å². The van der Waals surface area contributed by atoms with Crippen molar-refractivity contribution >= 4 is 27.7 Å². The van der Waals surface area contributed by atoms with Gasteiger partial charge in [-0.1, -0.05) is 6.07 Å². The molecule has 1 fully saturated rings. The van der Waals surface area contributed by atoms with Crippen molar-refractivity contribution in [1.82, 2.24) is 10.3 Å². The highest BCUT2D eigenvalue weighted by molar-refractivity contribution is 9.10. The molecule has 14 heavy (non-hydrogen) atoms.